The zero-order valence-corrected chi connectivity index (χ0v) is 11.5. The van der Waals surface area contributed by atoms with E-state index in [-0.39, 0.29) is 11.0 Å². The van der Waals surface area contributed by atoms with E-state index < -0.39 is 10.1 Å². The van der Waals surface area contributed by atoms with E-state index in [0.717, 1.165) is 10.9 Å². The average molecular weight is 310 g/mol. The second-order valence-electron chi connectivity index (χ2n) is 3.17. The highest BCUT2D eigenvalue weighted by Crippen LogP contribution is 2.13. The van der Waals surface area contributed by atoms with Gasteiger partial charge in [0.1, 0.15) is 10.1 Å². The van der Waals surface area contributed by atoms with Gasteiger partial charge in [-0.25, -0.2) is 8.42 Å². The highest BCUT2D eigenvalue weighted by molar-refractivity contribution is 9.10. The predicted molar refractivity (Wildman–Crippen MR) is 64.1 cm³/mol. The van der Waals surface area contributed by atoms with Gasteiger partial charge < -0.3 is 9.66 Å². The molecule has 92 valence electrons. The summed E-state index contributed by atoms with van der Waals surface area (Å²) in [5.41, 5.74) is 0. The van der Waals surface area contributed by atoms with Crippen molar-refractivity contribution in [1.29, 1.82) is 0 Å². The second-order valence-corrected chi connectivity index (χ2v) is 5.46. The Morgan fingerprint density at radius 1 is 1.38 bits per heavy atom. The quantitative estimate of drug-likeness (QED) is 0.849. The average Bonchev–Trinajstić information content (AvgIpc) is 2.18. The minimum Gasteiger partial charge on any atom is -0.744 e. The Morgan fingerprint density at radius 3 is 2.00 bits per heavy atom. The summed E-state index contributed by atoms with van der Waals surface area (Å²) < 4.78 is 31.9. The normalized spacial score (nSPS) is 12.6. The van der Waals surface area contributed by atoms with Crippen LogP contribution in [0, 0.1) is 0 Å². The van der Waals surface area contributed by atoms with E-state index in [1.165, 1.54) is 24.3 Å². The Labute approximate surface area is 104 Å². The lowest BCUT2D eigenvalue weighted by Gasteiger charge is -2.05. The van der Waals surface area contributed by atoms with Crippen LogP contribution in [0.15, 0.2) is 33.6 Å². The van der Waals surface area contributed by atoms with Crippen LogP contribution < -0.4 is 0 Å². The first-order valence-corrected chi connectivity index (χ1v) is 6.87. The van der Waals surface area contributed by atoms with Crippen molar-refractivity contribution in [3.8, 4) is 0 Å². The summed E-state index contributed by atoms with van der Waals surface area (Å²) in [5, 5.41) is 8.36. The topological polar surface area (TPSA) is 77.4 Å². The van der Waals surface area contributed by atoms with E-state index in [4.69, 9.17) is 5.11 Å². The Morgan fingerprint density at radius 2 is 1.75 bits per heavy atom. The number of aliphatic hydroxyl groups excluding tert-OH is 1. The first-order valence-electron chi connectivity index (χ1n) is 4.67. The molecule has 0 saturated heterocycles. The van der Waals surface area contributed by atoms with Gasteiger partial charge in [0, 0.05) is 4.47 Å². The third kappa shape index (κ3) is 6.95. The van der Waals surface area contributed by atoms with Crippen LogP contribution in [0.4, 0.5) is 0 Å². The summed E-state index contributed by atoms with van der Waals surface area (Å²) in [7, 11) is -4.29. The minimum atomic E-state index is -4.29. The largest absolute Gasteiger partial charge is 0.744 e. The fourth-order valence-electron chi connectivity index (χ4n) is 0.601. The van der Waals surface area contributed by atoms with Gasteiger partial charge in [-0.15, -0.1) is 0 Å². The Kier molecular flexibility index (Phi) is 6.82. The van der Waals surface area contributed by atoms with E-state index in [9.17, 15) is 13.0 Å². The summed E-state index contributed by atoms with van der Waals surface area (Å²) in [5.74, 6) is 0. The Hall–Kier alpha value is -0.430. The molecule has 0 aliphatic rings. The summed E-state index contributed by atoms with van der Waals surface area (Å²) in [4.78, 5) is -0.208. The molecule has 16 heavy (non-hydrogen) atoms. The Balaban J connectivity index is 0.000000385. The van der Waals surface area contributed by atoms with Crippen LogP contribution in [-0.2, 0) is 10.1 Å². The lowest BCUT2D eigenvalue weighted by molar-refractivity contribution is 0.191. The molecule has 0 aromatic heterocycles. The standard InChI is InChI=1S/C6H5BrO3S.C4H10O/c7-5-1-3-6(4-2-5)11(8,9)10;1-3-4(2)5/h1-4H,(H,8,9,10);4-5H,3H2,1-2H3/p-1/t;4-/m.1/s1. The van der Waals surface area contributed by atoms with E-state index in [2.05, 4.69) is 15.9 Å². The van der Waals surface area contributed by atoms with Crippen LogP contribution in [0.3, 0.4) is 0 Å². The minimum absolute atomic E-state index is 0.116. The van der Waals surface area contributed by atoms with Crippen molar-refractivity contribution in [2.24, 2.45) is 0 Å². The molecule has 0 bridgehead atoms. The van der Waals surface area contributed by atoms with Gasteiger partial charge >= 0.3 is 0 Å². The molecule has 1 atom stereocenters. The highest BCUT2D eigenvalue weighted by atomic mass is 79.9. The van der Waals surface area contributed by atoms with Gasteiger partial charge in [-0.05, 0) is 37.6 Å². The summed E-state index contributed by atoms with van der Waals surface area (Å²) >= 11 is 3.12. The molecule has 0 unspecified atom stereocenters. The van der Waals surface area contributed by atoms with Crippen molar-refractivity contribution in [3.05, 3.63) is 28.7 Å². The molecular weight excluding hydrogens is 296 g/mol. The van der Waals surface area contributed by atoms with Crippen LogP contribution in [0.2, 0.25) is 0 Å². The van der Waals surface area contributed by atoms with Crippen LogP contribution in [0.1, 0.15) is 20.3 Å². The zero-order valence-electron chi connectivity index (χ0n) is 9.05. The fourth-order valence-corrected chi connectivity index (χ4v) is 1.34. The smallest absolute Gasteiger partial charge is 0.124 e. The molecule has 0 spiro atoms. The molecule has 0 heterocycles. The Bertz CT molecular complexity index is 397. The number of aliphatic hydroxyl groups is 1. The van der Waals surface area contributed by atoms with E-state index in [0.29, 0.717) is 0 Å². The molecule has 6 heteroatoms. The van der Waals surface area contributed by atoms with Crippen LogP contribution >= 0.6 is 15.9 Å². The van der Waals surface area contributed by atoms with Crippen molar-refractivity contribution < 1.29 is 18.1 Å². The molecule has 0 fully saturated rings. The van der Waals surface area contributed by atoms with Crippen molar-refractivity contribution in [3.63, 3.8) is 0 Å². The molecule has 0 aliphatic heterocycles. The van der Waals surface area contributed by atoms with Gasteiger partial charge in [0.15, 0.2) is 0 Å². The van der Waals surface area contributed by atoms with Gasteiger partial charge in [-0.1, -0.05) is 22.9 Å². The third-order valence-corrected chi connectivity index (χ3v) is 3.07. The molecule has 0 saturated carbocycles. The number of benzene rings is 1. The molecule has 1 N–H and O–H groups in total. The van der Waals surface area contributed by atoms with Crippen LogP contribution in [-0.4, -0.2) is 24.2 Å². The molecule has 0 aliphatic carbocycles. The fraction of sp³-hybridized carbons (Fsp3) is 0.400. The lowest BCUT2D eigenvalue weighted by Crippen LogP contribution is -1.97. The van der Waals surface area contributed by atoms with E-state index >= 15 is 0 Å². The van der Waals surface area contributed by atoms with Gasteiger partial charge in [0.25, 0.3) is 0 Å². The van der Waals surface area contributed by atoms with Crippen molar-refractivity contribution in [1.82, 2.24) is 0 Å². The zero-order chi connectivity index (χ0) is 12.8. The number of hydrogen-bond acceptors (Lipinski definition) is 4. The number of rotatable bonds is 2. The maximum Gasteiger partial charge on any atom is 0.124 e. The molecule has 4 nitrogen and oxygen atoms in total. The first kappa shape index (κ1) is 15.6. The molecule has 1 aromatic carbocycles. The van der Waals surface area contributed by atoms with Crippen LogP contribution in [0.5, 0.6) is 0 Å². The molecular formula is C10H14BrO4S-. The molecule has 0 amide bonds. The van der Waals surface area contributed by atoms with Crippen molar-refractivity contribution in [2.75, 3.05) is 0 Å². The molecule has 1 aromatic rings. The number of hydrogen-bond donors (Lipinski definition) is 1. The SMILES string of the molecule is CC[C@@H](C)O.O=S(=O)([O-])c1ccc(Br)cc1. The van der Waals surface area contributed by atoms with E-state index in [1.54, 1.807) is 6.92 Å². The maximum absolute atomic E-state index is 10.4. The van der Waals surface area contributed by atoms with Gasteiger partial charge in [0.05, 0.1) is 11.0 Å². The third-order valence-electron chi connectivity index (χ3n) is 1.69. The molecule has 0 radical (unpaired) electrons. The summed E-state index contributed by atoms with van der Waals surface area (Å²) in [6.45, 7) is 3.73. The predicted octanol–water partition coefficient (Wildman–Crippen LogP) is 2.13. The van der Waals surface area contributed by atoms with E-state index in [1.807, 2.05) is 6.92 Å². The summed E-state index contributed by atoms with van der Waals surface area (Å²) in [6.07, 6.45) is 0.745. The number of halogens is 1. The molecule has 1 rings (SSSR count). The maximum atomic E-state index is 10.4. The van der Waals surface area contributed by atoms with Crippen molar-refractivity contribution in [2.45, 2.75) is 31.3 Å². The lowest BCUT2D eigenvalue weighted by atomic mass is 10.3. The first-order chi connectivity index (χ1) is 7.27. The second kappa shape index (κ2) is 7.01. The van der Waals surface area contributed by atoms with Crippen LogP contribution in [0.25, 0.3) is 0 Å². The van der Waals surface area contributed by atoms with Gasteiger partial charge in [-0.3, -0.25) is 0 Å². The van der Waals surface area contributed by atoms with Gasteiger partial charge in [-0.2, -0.15) is 0 Å². The van der Waals surface area contributed by atoms with Crippen molar-refractivity contribution >= 4 is 26.0 Å². The van der Waals surface area contributed by atoms with Gasteiger partial charge in [0.2, 0.25) is 0 Å². The summed E-state index contributed by atoms with van der Waals surface area (Å²) in [6, 6.07) is 5.52. The highest BCUT2D eigenvalue weighted by Gasteiger charge is 1.98. The monoisotopic (exact) mass is 309 g/mol.